The van der Waals surface area contributed by atoms with Crippen LogP contribution in [0.2, 0.25) is 0 Å². The Balaban J connectivity index is 1.80. The molecule has 7 heteroatoms. The molecule has 4 rings (SSSR count). The summed E-state index contributed by atoms with van der Waals surface area (Å²) < 4.78 is 39.8. The first-order chi connectivity index (χ1) is 11.5. The van der Waals surface area contributed by atoms with E-state index in [2.05, 4.69) is 15.4 Å². The summed E-state index contributed by atoms with van der Waals surface area (Å²) in [4.78, 5) is 4.33. The van der Waals surface area contributed by atoms with Crippen LogP contribution in [0.15, 0.2) is 48.7 Å². The van der Waals surface area contributed by atoms with Gasteiger partial charge in [-0.25, -0.2) is 4.68 Å². The van der Waals surface area contributed by atoms with Gasteiger partial charge in [0.1, 0.15) is 11.5 Å². The quantitative estimate of drug-likeness (QED) is 0.774. The Morgan fingerprint density at radius 2 is 1.83 bits per heavy atom. The lowest BCUT2D eigenvalue weighted by Gasteiger charge is -2.09. The van der Waals surface area contributed by atoms with Crippen molar-refractivity contribution in [3.63, 3.8) is 0 Å². The summed E-state index contributed by atoms with van der Waals surface area (Å²) in [5.74, 6) is 0.815. The van der Waals surface area contributed by atoms with E-state index in [9.17, 15) is 13.2 Å². The molecular weight excluding hydrogens is 317 g/mol. The van der Waals surface area contributed by atoms with Crippen LogP contribution in [0.3, 0.4) is 0 Å². The molecule has 1 aromatic carbocycles. The molecule has 3 aromatic rings. The smallest absolute Gasteiger partial charge is 0.369 e. The first-order valence-electron chi connectivity index (χ1n) is 7.49. The lowest BCUT2D eigenvalue weighted by molar-refractivity contribution is -0.137. The first kappa shape index (κ1) is 14.7. The maximum absolute atomic E-state index is 12.7. The fraction of sp³-hybridized carbons (Fsp3) is 0.176. The van der Waals surface area contributed by atoms with Crippen LogP contribution < -0.4 is 5.32 Å². The third-order valence-electron chi connectivity index (χ3n) is 4.00. The van der Waals surface area contributed by atoms with Gasteiger partial charge in [-0.3, -0.25) is 4.98 Å². The van der Waals surface area contributed by atoms with Crippen LogP contribution in [-0.2, 0) is 12.6 Å². The van der Waals surface area contributed by atoms with Crippen molar-refractivity contribution in [3.8, 4) is 17.1 Å². The summed E-state index contributed by atoms with van der Waals surface area (Å²) in [6, 6.07) is 10.6. The van der Waals surface area contributed by atoms with Gasteiger partial charge in [-0.2, -0.15) is 18.3 Å². The average molecular weight is 330 g/mol. The zero-order chi connectivity index (χ0) is 16.7. The van der Waals surface area contributed by atoms with Crippen LogP contribution in [-0.4, -0.2) is 21.3 Å². The largest absolute Gasteiger partial charge is 0.416 e. The highest BCUT2D eigenvalue weighted by Crippen LogP contribution is 2.35. The number of rotatable bonds is 2. The molecule has 0 saturated carbocycles. The third-order valence-corrected chi connectivity index (χ3v) is 4.00. The molecule has 1 aliphatic heterocycles. The van der Waals surface area contributed by atoms with E-state index in [4.69, 9.17) is 0 Å². The number of hydrogen-bond donors (Lipinski definition) is 1. The van der Waals surface area contributed by atoms with Crippen molar-refractivity contribution in [1.82, 2.24) is 14.8 Å². The van der Waals surface area contributed by atoms with E-state index in [0.29, 0.717) is 5.69 Å². The van der Waals surface area contributed by atoms with Gasteiger partial charge in [0.25, 0.3) is 0 Å². The van der Waals surface area contributed by atoms with Gasteiger partial charge in [-0.05, 0) is 42.8 Å². The fourth-order valence-corrected chi connectivity index (χ4v) is 2.86. The predicted octanol–water partition coefficient (Wildman–Crippen LogP) is 3.92. The maximum atomic E-state index is 12.7. The summed E-state index contributed by atoms with van der Waals surface area (Å²) in [7, 11) is 0. The summed E-state index contributed by atoms with van der Waals surface area (Å²) in [6.07, 6.45) is -1.84. The Morgan fingerprint density at radius 3 is 2.50 bits per heavy atom. The molecule has 0 spiro atoms. The number of hydrogen-bond acceptors (Lipinski definition) is 3. The van der Waals surface area contributed by atoms with Gasteiger partial charge >= 0.3 is 6.18 Å². The predicted molar refractivity (Wildman–Crippen MR) is 84.0 cm³/mol. The zero-order valence-corrected chi connectivity index (χ0v) is 12.5. The Hall–Kier alpha value is -2.83. The molecule has 0 radical (unpaired) electrons. The molecule has 0 fully saturated rings. The van der Waals surface area contributed by atoms with Gasteiger partial charge < -0.3 is 5.32 Å². The molecule has 2 aromatic heterocycles. The number of benzene rings is 1. The Morgan fingerprint density at radius 1 is 1.04 bits per heavy atom. The molecule has 4 nitrogen and oxygen atoms in total. The van der Waals surface area contributed by atoms with Gasteiger partial charge in [0.2, 0.25) is 0 Å². The van der Waals surface area contributed by atoms with Gasteiger partial charge in [-0.1, -0.05) is 6.07 Å². The maximum Gasteiger partial charge on any atom is 0.416 e. The van der Waals surface area contributed by atoms with E-state index in [-0.39, 0.29) is 0 Å². The number of halogens is 3. The lowest BCUT2D eigenvalue weighted by atomic mass is 10.1. The van der Waals surface area contributed by atoms with Crippen molar-refractivity contribution in [2.75, 3.05) is 11.9 Å². The normalized spacial score (nSPS) is 13.6. The summed E-state index contributed by atoms with van der Waals surface area (Å²) in [5.41, 5.74) is 2.45. The molecule has 1 aliphatic rings. The van der Waals surface area contributed by atoms with Crippen molar-refractivity contribution in [2.24, 2.45) is 0 Å². The highest BCUT2D eigenvalue weighted by molar-refractivity contribution is 5.70. The van der Waals surface area contributed by atoms with E-state index in [1.807, 2.05) is 18.2 Å². The Kier molecular flexibility index (Phi) is 3.30. The topological polar surface area (TPSA) is 42.7 Å². The van der Waals surface area contributed by atoms with Crippen molar-refractivity contribution >= 4 is 5.82 Å². The highest BCUT2D eigenvalue weighted by Gasteiger charge is 2.30. The van der Waals surface area contributed by atoms with Crippen molar-refractivity contribution in [3.05, 3.63) is 59.8 Å². The van der Waals surface area contributed by atoms with Crippen LogP contribution in [0.4, 0.5) is 19.0 Å². The van der Waals surface area contributed by atoms with E-state index < -0.39 is 11.7 Å². The molecule has 1 N–H and O–H groups in total. The molecule has 0 saturated heterocycles. The second-order valence-corrected chi connectivity index (χ2v) is 5.52. The third kappa shape index (κ3) is 2.42. The number of nitrogens with one attached hydrogen (secondary N) is 1. The minimum atomic E-state index is -4.35. The van der Waals surface area contributed by atoms with E-state index >= 15 is 0 Å². The molecule has 0 bridgehead atoms. The number of fused-ring (bicyclic) bond motifs is 1. The molecular formula is C17H13F3N4. The summed E-state index contributed by atoms with van der Waals surface area (Å²) in [5, 5.41) is 7.83. The van der Waals surface area contributed by atoms with Crippen LogP contribution in [0.25, 0.3) is 17.1 Å². The molecule has 3 heterocycles. The second-order valence-electron chi connectivity index (χ2n) is 5.52. The average Bonchev–Trinajstić information content (AvgIpc) is 3.17. The van der Waals surface area contributed by atoms with Crippen LogP contribution in [0.1, 0.15) is 11.1 Å². The number of alkyl halides is 3. The molecule has 0 amide bonds. The van der Waals surface area contributed by atoms with Gasteiger partial charge in [0.05, 0.1) is 16.9 Å². The lowest BCUT2D eigenvalue weighted by Crippen LogP contribution is -2.07. The van der Waals surface area contributed by atoms with Crippen molar-refractivity contribution < 1.29 is 13.2 Å². The highest BCUT2D eigenvalue weighted by atomic mass is 19.4. The minimum Gasteiger partial charge on any atom is -0.369 e. The van der Waals surface area contributed by atoms with Gasteiger partial charge in [0.15, 0.2) is 0 Å². The van der Waals surface area contributed by atoms with E-state index in [0.717, 1.165) is 47.9 Å². The molecule has 122 valence electrons. The molecule has 0 aliphatic carbocycles. The number of anilines is 1. The van der Waals surface area contributed by atoms with E-state index in [1.165, 1.54) is 12.1 Å². The molecule has 0 atom stereocenters. The molecule has 24 heavy (non-hydrogen) atoms. The minimum absolute atomic E-state index is 0.579. The van der Waals surface area contributed by atoms with Crippen LogP contribution in [0.5, 0.6) is 0 Å². The van der Waals surface area contributed by atoms with Crippen molar-refractivity contribution in [2.45, 2.75) is 12.6 Å². The fourth-order valence-electron chi connectivity index (χ4n) is 2.86. The molecule has 0 unspecified atom stereocenters. The monoisotopic (exact) mass is 330 g/mol. The van der Waals surface area contributed by atoms with Crippen molar-refractivity contribution in [1.29, 1.82) is 0 Å². The van der Waals surface area contributed by atoms with Crippen LogP contribution in [0, 0.1) is 0 Å². The number of pyridine rings is 1. The van der Waals surface area contributed by atoms with Gasteiger partial charge in [-0.15, -0.1) is 0 Å². The number of aromatic nitrogens is 3. The first-order valence-corrected chi connectivity index (χ1v) is 7.49. The zero-order valence-electron chi connectivity index (χ0n) is 12.5. The Bertz CT molecular complexity index is 867. The van der Waals surface area contributed by atoms with Crippen LogP contribution >= 0.6 is 0 Å². The summed E-state index contributed by atoms with van der Waals surface area (Å²) >= 11 is 0. The van der Waals surface area contributed by atoms with E-state index in [1.54, 1.807) is 10.9 Å². The number of nitrogens with zero attached hydrogens (tertiary/aromatic N) is 3. The van der Waals surface area contributed by atoms with Gasteiger partial charge in [0, 0.05) is 18.3 Å². The SMILES string of the molecule is FC(F)(F)c1ccc(-n2nc(-c3ccccn3)c3c2NCC3)cc1. The standard InChI is InChI=1S/C17H13F3N4/c18-17(19,20)11-4-6-12(7-5-11)24-16-13(8-10-22-16)15(23-24)14-3-1-2-9-21-14/h1-7,9,22H,8,10H2. The second kappa shape index (κ2) is 5.36. The Labute approximate surface area is 136 Å². The summed E-state index contributed by atoms with van der Waals surface area (Å²) in [6.45, 7) is 0.771.